The summed E-state index contributed by atoms with van der Waals surface area (Å²) < 4.78 is 31.8. The van der Waals surface area contributed by atoms with Crippen molar-refractivity contribution in [2.24, 2.45) is 0 Å². The summed E-state index contributed by atoms with van der Waals surface area (Å²) in [6.45, 7) is 3.21. The van der Waals surface area contributed by atoms with E-state index in [1.165, 1.54) is 18.9 Å². The first kappa shape index (κ1) is 28.0. The summed E-state index contributed by atoms with van der Waals surface area (Å²) in [4.78, 5) is 47.9. The molecule has 12 heteroatoms. The quantitative estimate of drug-likeness (QED) is 0.361. The number of aliphatic hydroxyl groups excluding tert-OH is 1. The van der Waals surface area contributed by atoms with Crippen molar-refractivity contribution in [2.45, 2.75) is 58.1 Å². The van der Waals surface area contributed by atoms with Crippen LogP contribution in [-0.4, -0.2) is 91.5 Å². The number of hydrogen-bond donors (Lipinski definition) is 1. The van der Waals surface area contributed by atoms with Gasteiger partial charge in [0.25, 0.3) is 0 Å². The second-order valence-electron chi connectivity index (χ2n) is 7.82. The Morgan fingerprint density at radius 1 is 0.943 bits per heavy atom. The molecule has 0 unspecified atom stereocenters. The molecule has 35 heavy (non-hydrogen) atoms. The van der Waals surface area contributed by atoms with Gasteiger partial charge < -0.3 is 38.4 Å². The minimum atomic E-state index is -1.53. The molecule has 1 aliphatic heterocycles. The van der Waals surface area contributed by atoms with Crippen LogP contribution in [0.25, 0.3) is 0 Å². The fourth-order valence-electron chi connectivity index (χ4n) is 3.24. The van der Waals surface area contributed by atoms with Gasteiger partial charge in [0.05, 0.1) is 6.61 Å². The first-order chi connectivity index (χ1) is 16.6. The molecule has 12 nitrogen and oxygen atoms in total. The summed E-state index contributed by atoms with van der Waals surface area (Å²) in [7, 11) is 1.51. The zero-order valence-electron chi connectivity index (χ0n) is 20.1. The topological polar surface area (TPSA) is 147 Å². The summed E-state index contributed by atoms with van der Waals surface area (Å²) in [6, 6.07) is 9.17. The molecule has 194 valence electrons. The molecule has 0 bridgehead atoms. The highest BCUT2D eigenvalue weighted by atomic mass is 16.7. The zero-order chi connectivity index (χ0) is 26.0. The maximum atomic E-state index is 12.2. The van der Waals surface area contributed by atoms with Gasteiger partial charge in [-0.3, -0.25) is 14.4 Å². The van der Waals surface area contributed by atoms with E-state index < -0.39 is 54.7 Å². The van der Waals surface area contributed by atoms with Crippen LogP contribution in [0.1, 0.15) is 26.3 Å². The van der Waals surface area contributed by atoms with Gasteiger partial charge in [-0.15, -0.1) is 0 Å². The van der Waals surface area contributed by atoms with Crippen LogP contribution in [0, 0.1) is 0 Å². The van der Waals surface area contributed by atoms with Crippen molar-refractivity contribution in [1.82, 2.24) is 4.90 Å². The minimum absolute atomic E-state index is 0.0788. The SMILES string of the molecule is CC(=O)OC[C@H]1O[C@@H](OCCN(C)C(=O)OCc2ccccc2)[C@H](OC(C)=O)[C@@H](O)[C@@H]1OC(C)=O. The maximum absolute atomic E-state index is 12.2. The molecule has 1 N–H and O–H groups in total. The lowest BCUT2D eigenvalue weighted by molar-refractivity contribution is -0.306. The number of carbonyl (C=O) groups is 4. The fraction of sp³-hybridized carbons (Fsp3) is 0.565. The molecule has 1 heterocycles. The van der Waals surface area contributed by atoms with E-state index in [9.17, 15) is 24.3 Å². The highest BCUT2D eigenvalue weighted by Crippen LogP contribution is 2.27. The van der Waals surface area contributed by atoms with E-state index in [0.29, 0.717) is 0 Å². The van der Waals surface area contributed by atoms with Crippen LogP contribution in [0.3, 0.4) is 0 Å². The highest BCUT2D eigenvalue weighted by molar-refractivity contribution is 5.68. The van der Waals surface area contributed by atoms with Crippen LogP contribution in [0.2, 0.25) is 0 Å². The highest BCUT2D eigenvalue weighted by Gasteiger charge is 2.50. The third kappa shape index (κ3) is 9.15. The van der Waals surface area contributed by atoms with Crippen molar-refractivity contribution < 1.29 is 52.7 Å². The van der Waals surface area contributed by atoms with E-state index in [1.54, 1.807) is 0 Å². The first-order valence-corrected chi connectivity index (χ1v) is 10.9. The number of aliphatic hydroxyl groups is 1. The fourth-order valence-corrected chi connectivity index (χ4v) is 3.24. The largest absolute Gasteiger partial charge is 0.463 e. The van der Waals surface area contributed by atoms with Crippen molar-refractivity contribution in [3.63, 3.8) is 0 Å². The normalized spacial score (nSPS) is 23.6. The summed E-state index contributed by atoms with van der Waals surface area (Å²) in [5.41, 5.74) is 0.834. The number of amides is 1. The number of likely N-dealkylation sites (N-methyl/N-ethyl adjacent to an activating group) is 1. The van der Waals surface area contributed by atoms with Crippen molar-refractivity contribution in [2.75, 3.05) is 26.8 Å². The lowest BCUT2D eigenvalue weighted by Crippen LogP contribution is -2.61. The summed E-state index contributed by atoms with van der Waals surface area (Å²) in [5, 5.41) is 10.8. The molecule has 0 radical (unpaired) electrons. The van der Waals surface area contributed by atoms with Crippen LogP contribution < -0.4 is 0 Å². The van der Waals surface area contributed by atoms with Crippen LogP contribution in [-0.2, 0) is 49.4 Å². The molecule has 1 fully saturated rings. The molecule has 0 aromatic heterocycles. The summed E-state index contributed by atoms with van der Waals surface area (Å²) in [5.74, 6) is -2.06. The number of carbonyl (C=O) groups excluding carboxylic acids is 4. The molecule has 0 aliphatic carbocycles. The van der Waals surface area contributed by atoms with Gasteiger partial charge >= 0.3 is 24.0 Å². The Morgan fingerprint density at radius 2 is 1.57 bits per heavy atom. The number of esters is 3. The molecule has 5 atom stereocenters. The Hall–Kier alpha value is -3.22. The summed E-state index contributed by atoms with van der Waals surface area (Å²) in [6.07, 6.45) is -7.14. The van der Waals surface area contributed by atoms with Crippen LogP contribution >= 0.6 is 0 Å². The molecule has 1 aliphatic rings. The number of ether oxygens (including phenoxy) is 6. The lowest BCUT2D eigenvalue weighted by atomic mass is 9.98. The van der Waals surface area contributed by atoms with Gasteiger partial charge in [-0.2, -0.15) is 0 Å². The van der Waals surface area contributed by atoms with Crippen molar-refractivity contribution >= 4 is 24.0 Å². The van der Waals surface area contributed by atoms with E-state index in [1.807, 2.05) is 30.3 Å². The average Bonchev–Trinajstić information content (AvgIpc) is 2.80. The Bertz CT molecular complexity index is 860. The Labute approximate surface area is 203 Å². The van der Waals surface area contributed by atoms with Crippen LogP contribution in [0.4, 0.5) is 4.79 Å². The standard InChI is InChI=1S/C23H31NO11/c1-14(25)31-13-18-20(33-15(2)26)19(28)21(34-16(3)27)22(35-18)30-11-10-24(4)23(29)32-12-17-8-6-5-7-9-17/h5-9,18-22,28H,10-13H2,1-4H3/t18-,19+,20-,21-,22-/m1/s1. The molecule has 0 saturated carbocycles. The Morgan fingerprint density at radius 3 is 2.17 bits per heavy atom. The van der Waals surface area contributed by atoms with E-state index in [0.717, 1.165) is 19.4 Å². The van der Waals surface area contributed by atoms with Crippen molar-refractivity contribution in [3.05, 3.63) is 35.9 Å². The van der Waals surface area contributed by atoms with Crippen molar-refractivity contribution in [1.29, 1.82) is 0 Å². The number of nitrogens with zero attached hydrogens (tertiary/aromatic N) is 1. The Kier molecular flexibility index (Phi) is 10.9. The maximum Gasteiger partial charge on any atom is 0.409 e. The van der Waals surface area contributed by atoms with E-state index in [2.05, 4.69) is 0 Å². The second kappa shape index (κ2) is 13.6. The van der Waals surface area contributed by atoms with Gasteiger partial charge in [0.15, 0.2) is 18.5 Å². The van der Waals surface area contributed by atoms with Gasteiger partial charge in [-0.05, 0) is 5.56 Å². The molecule has 1 saturated heterocycles. The molecule has 1 aromatic carbocycles. The van der Waals surface area contributed by atoms with Crippen LogP contribution in [0.15, 0.2) is 30.3 Å². The Balaban J connectivity index is 1.99. The molecule has 1 aromatic rings. The molecule has 0 spiro atoms. The summed E-state index contributed by atoms with van der Waals surface area (Å²) >= 11 is 0. The number of hydrogen-bond acceptors (Lipinski definition) is 11. The predicted octanol–water partition coefficient (Wildman–Crippen LogP) is 0.784. The van der Waals surface area contributed by atoms with Crippen molar-refractivity contribution in [3.8, 4) is 0 Å². The number of benzene rings is 1. The first-order valence-electron chi connectivity index (χ1n) is 10.9. The third-order valence-electron chi connectivity index (χ3n) is 4.90. The third-order valence-corrected chi connectivity index (χ3v) is 4.90. The average molecular weight is 497 g/mol. The predicted molar refractivity (Wildman–Crippen MR) is 118 cm³/mol. The minimum Gasteiger partial charge on any atom is -0.463 e. The molecule has 2 rings (SSSR count). The second-order valence-corrected chi connectivity index (χ2v) is 7.82. The van der Waals surface area contributed by atoms with E-state index >= 15 is 0 Å². The zero-order valence-corrected chi connectivity index (χ0v) is 20.1. The van der Waals surface area contributed by atoms with Gasteiger partial charge in [0.1, 0.15) is 25.4 Å². The van der Waals surface area contributed by atoms with Gasteiger partial charge in [-0.1, -0.05) is 30.3 Å². The van der Waals surface area contributed by atoms with Gasteiger partial charge in [0, 0.05) is 34.4 Å². The molecule has 1 amide bonds. The lowest BCUT2D eigenvalue weighted by Gasteiger charge is -2.42. The number of rotatable bonds is 10. The van der Waals surface area contributed by atoms with Crippen LogP contribution in [0.5, 0.6) is 0 Å². The smallest absolute Gasteiger partial charge is 0.409 e. The van der Waals surface area contributed by atoms with Gasteiger partial charge in [-0.25, -0.2) is 4.79 Å². The molecular weight excluding hydrogens is 466 g/mol. The van der Waals surface area contributed by atoms with E-state index in [4.69, 9.17) is 28.4 Å². The van der Waals surface area contributed by atoms with E-state index in [-0.39, 0.29) is 26.4 Å². The van der Waals surface area contributed by atoms with Gasteiger partial charge in [0.2, 0.25) is 0 Å². The molecular formula is C23H31NO11. The monoisotopic (exact) mass is 497 g/mol.